The molecule has 0 saturated carbocycles. The van der Waals surface area contributed by atoms with Crippen LogP contribution >= 0.6 is 0 Å². The van der Waals surface area contributed by atoms with Gasteiger partial charge in [-0.1, -0.05) is 164 Å². The van der Waals surface area contributed by atoms with Crippen molar-refractivity contribution in [2.75, 3.05) is 4.90 Å². The minimum Gasteiger partial charge on any atom is -0.456 e. The molecule has 0 N–H and O–H groups in total. The topological polar surface area (TPSA) is 16.4 Å². The lowest BCUT2D eigenvalue weighted by Gasteiger charge is -2.29. The van der Waals surface area contributed by atoms with E-state index in [1.54, 1.807) is 0 Å². The van der Waals surface area contributed by atoms with E-state index in [1.165, 1.54) is 38.6 Å². The summed E-state index contributed by atoms with van der Waals surface area (Å²) >= 11 is 0. The molecule has 0 radical (unpaired) electrons. The fraction of sp³-hybridized carbons (Fsp3) is 0. The number of hydrogen-bond acceptors (Lipinski definition) is 2. The average molecular weight is 690 g/mol. The van der Waals surface area contributed by atoms with Crippen LogP contribution in [0.15, 0.2) is 217 Å². The van der Waals surface area contributed by atoms with Crippen molar-refractivity contribution in [3.05, 3.63) is 212 Å². The van der Waals surface area contributed by atoms with Gasteiger partial charge in [-0.3, -0.25) is 0 Å². The Hall–Kier alpha value is -7.16. The molecule has 9 aromatic carbocycles. The third-order valence-electron chi connectivity index (χ3n) is 10.5. The molecule has 0 spiro atoms. The van der Waals surface area contributed by atoms with Crippen molar-refractivity contribution in [2.24, 2.45) is 0 Å². The molecule has 0 unspecified atom stereocenters. The van der Waals surface area contributed by atoms with E-state index in [1.807, 2.05) is 12.1 Å². The minimum atomic E-state index is 0.905. The fourth-order valence-corrected chi connectivity index (χ4v) is 7.89. The number of para-hydroxylation sites is 2. The fourth-order valence-electron chi connectivity index (χ4n) is 7.89. The van der Waals surface area contributed by atoms with Gasteiger partial charge in [-0.25, -0.2) is 0 Å². The molecule has 0 aliphatic rings. The van der Waals surface area contributed by atoms with Gasteiger partial charge in [0.25, 0.3) is 0 Å². The van der Waals surface area contributed by atoms with E-state index in [0.717, 1.165) is 55.7 Å². The van der Waals surface area contributed by atoms with E-state index in [9.17, 15) is 0 Å². The summed E-state index contributed by atoms with van der Waals surface area (Å²) in [6.45, 7) is 0. The molecule has 0 saturated heterocycles. The molecule has 10 rings (SSSR count). The highest BCUT2D eigenvalue weighted by molar-refractivity contribution is 6.06. The van der Waals surface area contributed by atoms with Crippen LogP contribution < -0.4 is 4.90 Å². The maximum atomic E-state index is 6.13. The Kier molecular flexibility index (Phi) is 7.85. The zero-order chi connectivity index (χ0) is 35.8. The predicted octanol–water partition coefficient (Wildman–Crippen LogP) is 14.9. The van der Waals surface area contributed by atoms with Gasteiger partial charge in [0.2, 0.25) is 0 Å². The van der Waals surface area contributed by atoms with Gasteiger partial charge in [-0.05, 0) is 98.2 Å². The van der Waals surface area contributed by atoms with Gasteiger partial charge in [0, 0.05) is 27.7 Å². The summed E-state index contributed by atoms with van der Waals surface area (Å²) in [6.07, 6.45) is 0. The summed E-state index contributed by atoms with van der Waals surface area (Å²) in [5, 5.41) is 4.69. The van der Waals surface area contributed by atoms with Crippen LogP contribution in [-0.2, 0) is 0 Å². The van der Waals surface area contributed by atoms with Crippen LogP contribution in [0.5, 0.6) is 0 Å². The Labute approximate surface area is 314 Å². The Morgan fingerprint density at radius 2 is 0.852 bits per heavy atom. The van der Waals surface area contributed by atoms with Crippen molar-refractivity contribution in [3.8, 4) is 44.5 Å². The quantitative estimate of drug-likeness (QED) is 0.166. The molecule has 0 fully saturated rings. The molecule has 10 aromatic rings. The zero-order valence-corrected chi connectivity index (χ0v) is 29.6. The van der Waals surface area contributed by atoms with Crippen molar-refractivity contribution >= 4 is 49.8 Å². The molecule has 1 heterocycles. The number of anilines is 3. The van der Waals surface area contributed by atoms with Crippen molar-refractivity contribution in [3.63, 3.8) is 0 Å². The molecule has 254 valence electrons. The summed E-state index contributed by atoms with van der Waals surface area (Å²) < 4.78 is 6.13. The van der Waals surface area contributed by atoms with Gasteiger partial charge in [-0.2, -0.15) is 0 Å². The largest absolute Gasteiger partial charge is 0.456 e. The van der Waals surface area contributed by atoms with Crippen LogP contribution in [-0.4, -0.2) is 0 Å². The minimum absolute atomic E-state index is 0.905. The third kappa shape index (κ3) is 5.62. The predicted molar refractivity (Wildman–Crippen MR) is 228 cm³/mol. The van der Waals surface area contributed by atoms with Crippen LogP contribution in [0.3, 0.4) is 0 Å². The second-order valence-corrected chi connectivity index (χ2v) is 13.7. The first-order valence-electron chi connectivity index (χ1n) is 18.4. The third-order valence-corrected chi connectivity index (χ3v) is 10.5. The standard InChI is InChI=1S/C52H35NO/c1-2-15-38(16-3-1)43-18-6-7-19-44(43)45-20-8-9-21-46(45)47-22-10-12-24-50(47)53(42-32-28-36-14-4-5-17-39(36)34-42)41-30-26-37(27-31-41)40-29-33-52-49(35-40)48-23-11-13-25-51(48)54-52/h1-35H. The van der Waals surface area contributed by atoms with E-state index >= 15 is 0 Å². The van der Waals surface area contributed by atoms with Crippen LogP contribution in [0.2, 0.25) is 0 Å². The summed E-state index contributed by atoms with van der Waals surface area (Å²) in [5.41, 5.74) is 14.6. The number of furan rings is 1. The van der Waals surface area contributed by atoms with Crippen LogP contribution in [0.1, 0.15) is 0 Å². The van der Waals surface area contributed by atoms with E-state index in [4.69, 9.17) is 4.42 Å². The average Bonchev–Trinajstić information content (AvgIpc) is 3.63. The molecule has 2 nitrogen and oxygen atoms in total. The smallest absolute Gasteiger partial charge is 0.135 e. The lowest BCUT2D eigenvalue weighted by molar-refractivity contribution is 0.669. The van der Waals surface area contributed by atoms with Crippen molar-refractivity contribution in [1.82, 2.24) is 0 Å². The molecule has 0 atom stereocenters. The molecular weight excluding hydrogens is 655 g/mol. The second kappa shape index (κ2) is 13.4. The van der Waals surface area contributed by atoms with Crippen molar-refractivity contribution < 1.29 is 4.42 Å². The lowest BCUT2D eigenvalue weighted by Crippen LogP contribution is -2.11. The van der Waals surface area contributed by atoms with Crippen molar-refractivity contribution in [1.29, 1.82) is 0 Å². The van der Waals surface area contributed by atoms with Gasteiger partial charge < -0.3 is 9.32 Å². The van der Waals surface area contributed by atoms with E-state index < -0.39 is 0 Å². The van der Waals surface area contributed by atoms with Gasteiger partial charge in [0.15, 0.2) is 0 Å². The highest BCUT2D eigenvalue weighted by atomic mass is 16.3. The normalized spacial score (nSPS) is 11.3. The highest BCUT2D eigenvalue weighted by Gasteiger charge is 2.20. The summed E-state index contributed by atoms with van der Waals surface area (Å²) in [4.78, 5) is 2.40. The summed E-state index contributed by atoms with van der Waals surface area (Å²) in [7, 11) is 0. The van der Waals surface area contributed by atoms with Crippen LogP contribution in [0.25, 0.3) is 77.2 Å². The second-order valence-electron chi connectivity index (χ2n) is 13.7. The summed E-state index contributed by atoms with van der Waals surface area (Å²) in [5.74, 6) is 0. The number of nitrogens with zero attached hydrogens (tertiary/aromatic N) is 1. The molecular formula is C52H35NO. The number of rotatable bonds is 7. The highest BCUT2D eigenvalue weighted by Crippen LogP contribution is 2.46. The van der Waals surface area contributed by atoms with Gasteiger partial charge >= 0.3 is 0 Å². The Balaban J connectivity index is 1.13. The zero-order valence-electron chi connectivity index (χ0n) is 29.6. The maximum Gasteiger partial charge on any atom is 0.135 e. The first-order valence-corrected chi connectivity index (χ1v) is 18.4. The van der Waals surface area contributed by atoms with Crippen molar-refractivity contribution in [2.45, 2.75) is 0 Å². The first-order chi connectivity index (χ1) is 26.8. The molecule has 0 bridgehead atoms. The maximum absolute atomic E-state index is 6.13. The van der Waals surface area contributed by atoms with E-state index in [-0.39, 0.29) is 0 Å². The first kappa shape index (κ1) is 31.6. The van der Waals surface area contributed by atoms with Crippen LogP contribution in [0.4, 0.5) is 17.1 Å². The van der Waals surface area contributed by atoms with E-state index in [0.29, 0.717) is 0 Å². The van der Waals surface area contributed by atoms with Gasteiger partial charge in [0.1, 0.15) is 11.2 Å². The molecule has 54 heavy (non-hydrogen) atoms. The SMILES string of the molecule is c1ccc(-c2ccccc2-c2ccccc2-c2ccccc2N(c2ccc(-c3ccc4oc5ccccc5c4c3)cc2)c2ccc3ccccc3c2)cc1. The summed E-state index contributed by atoms with van der Waals surface area (Å²) in [6, 6.07) is 76.0. The molecule has 0 amide bonds. The molecule has 0 aliphatic carbocycles. The Bertz CT molecular complexity index is 2940. The number of hydrogen-bond donors (Lipinski definition) is 0. The monoisotopic (exact) mass is 689 g/mol. The Morgan fingerprint density at radius 3 is 1.65 bits per heavy atom. The molecule has 2 heteroatoms. The van der Waals surface area contributed by atoms with Crippen LogP contribution in [0, 0.1) is 0 Å². The van der Waals surface area contributed by atoms with Gasteiger partial charge in [0.05, 0.1) is 5.69 Å². The lowest BCUT2D eigenvalue weighted by atomic mass is 9.88. The van der Waals surface area contributed by atoms with E-state index in [2.05, 4.69) is 205 Å². The number of benzene rings is 9. The molecule has 0 aliphatic heterocycles. The molecule has 1 aromatic heterocycles. The Morgan fingerprint density at radius 1 is 0.296 bits per heavy atom. The van der Waals surface area contributed by atoms with Gasteiger partial charge in [-0.15, -0.1) is 0 Å². The number of fused-ring (bicyclic) bond motifs is 4.